The van der Waals surface area contributed by atoms with Crippen molar-refractivity contribution in [3.63, 3.8) is 0 Å². The number of hydrogen-bond acceptors (Lipinski definition) is 5. The second-order valence-electron chi connectivity index (χ2n) is 6.76. The van der Waals surface area contributed by atoms with E-state index in [-0.39, 0.29) is 17.3 Å². The number of carbonyl (C=O) groups is 1. The minimum Gasteiger partial charge on any atom is -0.383 e. The molecule has 0 radical (unpaired) electrons. The third-order valence-electron chi connectivity index (χ3n) is 4.91. The highest BCUT2D eigenvalue weighted by Gasteiger charge is 2.19. The van der Waals surface area contributed by atoms with Crippen LogP contribution in [-0.4, -0.2) is 30.2 Å². The molecular formula is C21H15N7O. The Morgan fingerprint density at radius 3 is 2.90 bits per heavy atom. The molecule has 29 heavy (non-hydrogen) atoms. The number of aryl methyl sites for hydroxylation is 1. The van der Waals surface area contributed by atoms with Gasteiger partial charge in [0.05, 0.1) is 40.1 Å². The third kappa shape index (κ3) is 2.56. The van der Waals surface area contributed by atoms with Crippen LogP contribution in [0.3, 0.4) is 0 Å². The maximum Gasteiger partial charge on any atom is 0.267 e. The summed E-state index contributed by atoms with van der Waals surface area (Å²) in [7, 11) is 0. The number of nitrogens with two attached hydrogens (primary N) is 1. The van der Waals surface area contributed by atoms with Gasteiger partial charge in [-0.2, -0.15) is 10.4 Å². The molecule has 2 aromatic carbocycles. The van der Waals surface area contributed by atoms with Gasteiger partial charge >= 0.3 is 0 Å². The molecule has 0 spiro atoms. The molecule has 0 unspecified atom stereocenters. The Labute approximate surface area is 164 Å². The number of fused-ring (bicyclic) bond motifs is 2. The number of H-pyrrole nitrogens is 1. The number of anilines is 1. The van der Waals surface area contributed by atoms with Crippen LogP contribution in [0.4, 0.5) is 5.82 Å². The first-order valence-electron chi connectivity index (χ1n) is 8.91. The van der Waals surface area contributed by atoms with Crippen LogP contribution in [0, 0.1) is 18.3 Å². The number of hydrogen-bond donors (Lipinski definition) is 2. The predicted molar refractivity (Wildman–Crippen MR) is 109 cm³/mol. The van der Waals surface area contributed by atoms with Gasteiger partial charge < -0.3 is 10.7 Å². The second-order valence-corrected chi connectivity index (χ2v) is 6.76. The molecule has 8 heteroatoms. The van der Waals surface area contributed by atoms with E-state index >= 15 is 0 Å². The van der Waals surface area contributed by atoms with Crippen LogP contribution in [-0.2, 0) is 0 Å². The molecular weight excluding hydrogens is 366 g/mol. The van der Waals surface area contributed by atoms with Crippen molar-refractivity contribution < 1.29 is 4.79 Å². The first kappa shape index (κ1) is 16.8. The van der Waals surface area contributed by atoms with E-state index in [2.05, 4.69) is 21.1 Å². The third-order valence-corrected chi connectivity index (χ3v) is 4.91. The van der Waals surface area contributed by atoms with Gasteiger partial charge in [-0.3, -0.25) is 9.36 Å². The maximum absolute atomic E-state index is 13.1. The molecule has 0 saturated carbocycles. The highest BCUT2D eigenvalue weighted by Crippen LogP contribution is 2.24. The number of benzene rings is 2. The van der Waals surface area contributed by atoms with Crippen molar-refractivity contribution in [2.45, 2.75) is 6.92 Å². The summed E-state index contributed by atoms with van der Waals surface area (Å²) in [6.07, 6.45) is 3.13. The number of nitrogens with one attached hydrogen (secondary N) is 1. The Balaban J connectivity index is 1.58. The number of nitrogen functional groups attached to an aromatic ring is 1. The number of nitrogens with zero attached hydrogens (tertiary/aromatic N) is 5. The summed E-state index contributed by atoms with van der Waals surface area (Å²) in [5, 5.41) is 14.3. The van der Waals surface area contributed by atoms with Gasteiger partial charge in [0, 0.05) is 11.6 Å². The number of aromatic amines is 1. The molecule has 8 nitrogen and oxygen atoms in total. The van der Waals surface area contributed by atoms with Crippen LogP contribution < -0.4 is 5.73 Å². The van der Waals surface area contributed by atoms with Crippen molar-refractivity contribution >= 4 is 33.7 Å². The van der Waals surface area contributed by atoms with Gasteiger partial charge in [0.2, 0.25) is 0 Å². The molecule has 3 N–H and O–H groups in total. The molecule has 0 aliphatic carbocycles. The van der Waals surface area contributed by atoms with Crippen molar-refractivity contribution in [1.82, 2.24) is 24.3 Å². The number of imidazole rings is 1. The lowest BCUT2D eigenvalue weighted by Crippen LogP contribution is -2.13. The van der Waals surface area contributed by atoms with Crippen LogP contribution in [0.2, 0.25) is 0 Å². The fraction of sp³-hybridized carbons (Fsp3) is 0.0476. The summed E-state index contributed by atoms with van der Waals surface area (Å²) in [4.78, 5) is 20.7. The van der Waals surface area contributed by atoms with E-state index in [0.29, 0.717) is 11.1 Å². The zero-order chi connectivity index (χ0) is 20.1. The van der Waals surface area contributed by atoms with Gasteiger partial charge in [-0.15, -0.1) is 0 Å². The highest BCUT2D eigenvalue weighted by molar-refractivity contribution is 6.05. The normalized spacial score (nSPS) is 11.2. The molecule has 5 aromatic rings. The molecule has 0 amide bonds. The van der Waals surface area contributed by atoms with Crippen molar-refractivity contribution in [1.29, 1.82) is 5.26 Å². The van der Waals surface area contributed by atoms with E-state index in [9.17, 15) is 4.79 Å². The molecule has 5 rings (SSSR count). The molecule has 0 aliphatic heterocycles. The average molecular weight is 381 g/mol. The quantitative estimate of drug-likeness (QED) is 0.487. The van der Waals surface area contributed by atoms with Crippen LogP contribution in [0.25, 0.3) is 27.6 Å². The summed E-state index contributed by atoms with van der Waals surface area (Å²) >= 11 is 0. The van der Waals surface area contributed by atoms with Crippen LogP contribution in [0.15, 0.2) is 54.9 Å². The predicted octanol–water partition coefficient (Wildman–Crippen LogP) is 3.15. The molecule has 0 fully saturated rings. The van der Waals surface area contributed by atoms with Crippen LogP contribution >= 0.6 is 0 Å². The molecule has 0 saturated heterocycles. The van der Waals surface area contributed by atoms with E-state index < -0.39 is 0 Å². The smallest absolute Gasteiger partial charge is 0.267 e. The van der Waals surface area contributed by atoms with Crippen molar-refractivity contribution in [3.05, 3.63) is 71.8 Å². The summed E-state index contributed by atoms with van der Waals surface area (Å²) in [5.74, 6) is 0.749. The molecule has 0 atom stereocenters. The van der Waals surface area contributed by atoms with E-state index in [1.807, 2.05) is 37.3 Å². The minimum atomic E-state index is -0.308. The Kier molecular flexibility index (Phi) is 3.51. The Bertz CT molecular complexity index is 1460. The first-order valence-corrected chi connectivity index (χ1v) is 8.91. The van der Waals surface area contributed by atoms with Gasteiger partial charge in [0.15, 0.2) is 0 Å². The summed E-state index contributed by atoms with van der Waals surface area (Å²) < 4.78 is 3.00. The monoisotopic (exact) mass is 381 g/mol. The molecule has 0 aliphatic rings. The Hall–Kier alpha value is -4.38. The molecule has 0 bridgehead atoms. The molecule has 3 aromatic heterocycles. The highest BCUT2D eigenvalue weighted by atomic mass is 16.2. The number of aromatic nitrogens is 5. The Morgan fingerprint density at radius 1 is 1.21 bits per heavy atom. The van der Waals surface area contributed by atoms with E-state index in [1.165, 1.54) is 15.4 Å². The first-order chi connectivity index (χ1) is 14.0. The van der Waals surface area contributed by atoms with Crippen molar-refractivity contribution in [2.75, 3.05) is 5.73 Å². The fourth-order valence-electron chi connectivity index (χ4n) is 3.49. The van der Waals surface area contributed by atoms with Gasteiger partial charge in [-0.05, 0) is 43.3 Å². The van der Waals surface area contributed by atoms with E-state index in [4.69, 9.17) is 11.0 Å². The van der Waals surface area contributed by atoms with Crippen molar-refractivity contribution in [3.8, 4) is 11.8 Å². The van der Waals surface area contributed by atoms with Gasteiger partial charge in [0.1, 0.15) is 17.2 Å². The van der Waals surface area contributed by atoms with Crippen molar-refractivity contribution in [2.24, 2.45) is 0 Å². The zero-order valence-electron chi connectivity index (χ0n) is 15.4. The largest absolute Gasteiger partial charge is 0.383 e. The fourth-order valence-corrected chi connectivity index (χ4v) is 3.49. The number of nitriles is 1. The second kappa shape index (κ2) is 6.07. The Morgan fingerprint density at radius 2 is 2.07 bits per heavy atom. The SMILES string of the molecule is Cc1nc2ccc(-n3ncc(C(=O)n4ccc5ccc(C#N)cc54)c3N)cc2[nH]1. The van der Waals surface area contributed by atoms with E-state index in [1.54, 1.807) is 18.3 Å². The summed E-state index contributed by atoms with van der Waals surface area (Å²) in [6.45, 7) is 1.89. The molecule has 3 heterocycles. The van der Waals surface area contributed by atoms with Crippen LogP contribution in [0.1, 0.15) is 21.7 Å². The summed E-state index contributed by atoms with van der Waals surface area (Å²) in [5.41, 5.74) is 10.1. The summed E-state index contributed by atoms with van der Waals surface area (Å²) in [6, 6.07) is 14.7. The minimum absolute atomic E-state index is 0.240. The van der Waals surface area contributed by atoms with E-state index in [0.717, 1.165) is 27.9 Å². The lowest BCUT2D eigenvalue weighted by Gasteiger charge is -2.06. The lowest BCUT2D eigenvalue weighted by molar-refractivity contribution is 0.0966. The lowest BCUT2D eigenvalue weighted by atomic mass is 10.2. The van der Waals surface area contributed by atoms with Crippen LogP contribution in [0.5, 0.6) is 0 Å². The number of rotatable bonds is 2. The standard InChI is InChI=1S/C21H15N7O/c1-12-25-17-5-4-15(9-18(17)26-12)28-20(23)16(11-24-28)21(29)27-7-6-14-3-2-13(10-22)8-19(14)27/h2-9,11H,23H2,1H3,(H,25,26). The van der Waals surface area contributed by atoms with Gasteiger partial charge in [-0.1, -0.05) is 6.07 Å². The zero-order valence-corrected chi connectivity index (χ0v) is 15.4. The maximum atomic E-state index is 13.1. The average Bonchev–Trinajstić information content (AvgIpc) is 3.41. The van der Waals surface area contributed by atoms with Gasteiger partial charge in [-0.25, -0.2) is 9.67 Å². The topological polar surface area (TPSA) is 118 Å². The number of carbonyl (C=O) groups excluding carboxylic acids is 1. The van der Waals surface area contributed by atoms with Gasteiger partial charge in [0.25, 0.3) is 5.91 Å². The molecule has 140 valence electrons.